The minimum Gasteiger partial charge on any atom is -0.380 e. The molecule has 0 atom stereocenters. The van der Waals surface area contributed by atoms with Gasteiger partial charge < -0.3 is 10.1 Å². The summed E-state index contributed by atoms with van der Waals surface area (Å²) in [7, 11) is -2.68. The number of nitrogens with one attached hydrogen (secondary N) is 1. The second kappa shape index (κ2) is 4.20. The first-order valence-corrected chi connectivity index (χ1v) is 5.98. The Morgan fingerprint density at radius 1 is 1.50 bits per heavy atom. The van der Waals surface area contributed by atoms with Crippen molar-refractivity contribution in [1.29, 1.82) is 0 Å². The summed E-state index contributed by atoms with van der Waals surface area (Å²) in [6.07, 6.45) is 0. The monoisotopic (exact) mass is 193 g/mol. The Balaban J connectivity index is 1.97. The first kappa shape index (κ1) is 9.95. The van der Waals surface area contributed by atoms with Crippen LogP contribution in [-0.4, -0.2) is 45.7 Å². The highest BCUT2D eigenvalue weighted by Crippen LogP contribution is 2.09. The minimum absolute atomic E-state index is 0.162. The maximum atomic E-state index is 10.7. The van der Waals surface area contributed by atoms with E-state index in [1.54, 1.807) is 0 Å². The second-order valence-electron chi connectivity index (χ2n) is 2.92. The van der Waals surface area contributed by atoms with Crippen molar-refractivity contribution in [2.75, 3.05) is 31.3 Å². The fourth-order valence-electron chi connectivity index (χ4n) is 1.16. The summed E-state index contributed by atoms with van der Waals surface area (Å²) in [6.45, 7) is 4.06. The van der Waals surface area contributed by atoms with Gasteiger partial charge in [-0.15, -0.1) is 0 Å². The van der Waals surface area contributed by atoms with E-state index in [9.17, 15) is 8.42 Å². The normalized spacial score (nSPS) is 22.1. The van der Waals surface area contributed by atoms with E-state index in [0.29, 0.717) is 24.7 Å². The lowest BCUT2D eigenvalue weighted by Gasteiger charge is -2.26. The number of ether oxygens (including phenoxy) is 1. The minimum atomic E-state index is -2.68. The largest absolute Gasteiger partial charge is 0.380 e. The molecule has 1 saturated heterocycles. The third-order valence-corrected chi connectivity index (χ3v) is 3.61. The van der Waals surface area contributed by atoms with Crippen LogP contribution in [0.25, 0.3) is 0 Å². The zero-order valence-corrected chi connectivity index (χ0v) is 8.06. The highest BCUT2D eigenvalue weighted by atomic mass is 32.2. The maximum absolute atomic E-state index is 10.7. The summed E-state index contributed by atoms with van der Waals surface area (Å²) in [5.74, 6) is 0.582. The molecule has 0 aromatic carbocycles. The van der Waals surface area contributed by atoms with E-state index in [1.807, 2.05) is 6.92 Å². The number of sulfone groups is 1. The third-order valence-electron chi connectivity index (χ3n) is 1.79. The van der Waals surface area contributed by atoms with Crippen LogP contribution in [-0.2, 0) is 14.6 Å². The molecule has 1 aliphatic heterocycles. The van der Waals surface area contributed by atoms with Gasteiger partial charge in [-0.1, -0.05) is 0 Å². The molecular formula is C7H15NO3S. The Kier molecular flexibility index (Phi) is 3.49. The van der Waals surface area contributed by atoms with Crippen molar-refractivity contribution < 1.29 is 13.2 Å². The fraction of sp³-hybridized carbons (Fsp3) is 1.00. The van der Waals surface area contributed by atoms with E-state index in [4.69, 9.17) is 4.74 Å². The average Bonchev–Trinajstić information content (AvgIpc) is 1.94. The molecule has 0 radical (unpaired) electrons. The molecule has 1 aliphatic rings. The molecule has 72 valence electrons. The van der Waals surface area contributed by atoms with E-state index >= 15 is 0 Å². The van der Waals surface area contributed by atoms with Crippen molar-refractivity contribution >= 4 is 9.84 Å². The molecule has 12 heavy (non-hydrogen) atoms. The Bertz CT molecular complexity index is 213. The number of hydrogen-bond acceptors (Lipinski definition) is 4. The first-order chi connectivity index (χ1) is 5.64. The summed E-state index contributed by atoms with van der Waals surface area (Å²) >= 11 is 0. The summed E-state index contributed by atoms with van der Waals surface area (Å²) in [6, 6.07) is 0.162. The van der Waals surface area contributed by atoms with Crippen LogP contribution in [0.5, 0.6) is 0 Å². The molecule has 0 spiro atoms. The molecule has 1 heterocycles. The van der Waals surface area contributed by atoms with Crippen LogP contribution >= 0.6 is 0 Å². The van der Waals surface area contributed by atoms with Crippen molar-refractivity contribution in [2.24, 2.45) is 0 Å². The SMILES string of the molecule is CCOCCNC1CS(=O)(=O)C1. The van der Waals surface area contributed by atoms with Crippen molar-refractivity contribution in [3.63, 3.8) is 0 Å². The Morgan fingerprint density at radius 2 is 2.17 bits per heavy atom. The van der Waals surface area contributed by atoms with Gasteiger partial charge in [0.1, 0.15) is 0 Å². The molecule has 0 unspecified atom stereocenters. The van der Waals surface area contributed by atoms with E-state index in [0.717, 1.165) is 6.54 Å². The predicted octanol–water partition coefficient (Wildman–Crippen LogP) is -0.590. The molecule has 4 nitrogen and oxygen atoms in total. The highest BCUT2D eigenvalue weighted by Gasteiger charge is 2.32. The molecule has 0 amide bonds. The zero-order valence-electron chi connectivity index (χ0n) is 7.25. The van der Waals surface area contributed by atoms with Gasteiger partial charge in [-0.2, -0.15) is 0 Å². The standard InChI is InChI=1S/C7H15NO3S/c1-2-11-4-3-8-7-5-12(9,10)6-7/h7-8H,2-6H2,1H3. The topological polar surface area (TPSA) is 55.4 Å². The smallest absolute Gasteiger partial charge is 0.153 e. The van der Waals surface area contributed by atoms with Crippen LogP contribution in [0.15, 0.2) is 0 Å². The van der Waals surface area contributed by atoms with E-state index < -0.39 is 9.84 Å². The summed E-state index contributed by atoms with van der Waals surface area (Å²) in [4.78, 5) is 0. The molecule has 0 saturated carbocycles. The summed E-state index contributed by atoms with van der Waals surface area (Å²) in [5.41, 5.74) is 0. The van der Waals surface area contributed by atoms with Gasteiger partial charge in [0, 0.05) is 19.2 Å². The molecule has 1 fully saturated rings. The molecule has 1 rings (SSSR count). The third kappa shape index (κ3) is 3.08. The molecule has 0 aromatic rings. The van der Waals surface area contributed by atoms with Crippen molar-refractivity contribution in [1.82, 2.24) is 5.32 Å². The lowest BCUT2D eigenvalue weighted by Crippen LogP contribution is -2.51. The second-order valence-corrected chi connectivity index (χ2v) is 5.08. The van der Waals surface area contributed by atoms with Crippen LogP contribution in [0.2, 0.25) is 0 Å². The predicted molar refractivity (Wildman–Crippen MR) is 46.9 cm³/mol. The van der Waals surface area contributed by atoms with Crippen molar-refractivity contribution in [3.8, 4) is 0 Å². The quantitative estimate of drug-likeness (QED) is 0.593. The van der Waals surface area contributed by atoms with Gasteiger partial charge in [-0.3, -0.25) is 0 Å². The van der Waals surface area contributed by atoms with Crippen molar-refractivity contribution in [2.45, 2.75) is 13.0 Å². The van der Waals surface area contributed by atoms with Gasteiger partial charge in [0.15, 0.2) is 9.84 Å². The Morgan fingerprint density at radius 3 is 2.67 bits per heavy atom. The Hall–Kier alpha value is -0.130. The lowest BCUT2D eigenvalue weighted by molar-refractivity contribution is 0.147. The molecule has 5 heteroatoms. The van der Waals surface area contributed by atoms with Gasteiger partial charge in [0.05, 0.1) is 18.1 Å². The van der Waals surface area contributed by atoms with E-state index in [2.05, 4.69) is 5.32 Å². The highest BCUT2D eigenvalue weighted by molar-refractivity contribution is 7.92. The van der Waals surface area contributed by atoms with Crippen molar-refractivity contribution in [3.05, 3.63) is 0 Å². The molecule has 0 aliphatic carbocycles. The van der Waals surface area contributed by atoms with Crippen LogP contribution in [0.1, 0.15) is 6.92 Å². The van der Waals surface area contributed by atoms with Gasteiger partial charge in [-0.05, 0) is 6.92 Å². The van der Waals surface area contributed by atoms with Gasteiger partial charge >= 0.3 is 0 Å². The summed E-state index contributed by atoms with van der Waals surface area (Å²) < 4.78 is 26.5. The number of rotatable bonds is 5. The van der Waals surface area contributed by atoms with E-state index in [1.165, 1.54) is 0 Å². The zero-order chi connectivity index (χ0) is 9.03. The molecule has 0 aromatic heterocycles. The molecule has 1 N–H and O–H groups in total. The van der Waals surface area contributed by atoms with Crippen LogP contribution in [0, 0.1) is 0 Å². The van der Waals surface area contributed by atoms with Crippen LogP contribution in [0.3, 0.4) is 0 Å². The molecular weight excluding hydrogens is 178 g/mol. The average molecular weight is 193 g/mol. The first-order valence-electron chi connectivity index (χ1n) is 4.15. The number of hydrogen-bond donors (Lipinski definition) is 1. The fourth-order valence-corrected chi connectivity index (χ4v) is 2.53. The molecule has 0 bridgehead atoms. The van der Waals surface area contributed by atoms with Crippen LogP contribution < -0.4 is 5.32 Å². The van der Waals surface area contributed by atoms with Gasteiger partial charge in [0.25, 0.3) is 0 Å². The van der Waals surface area contributed by atoms with Gasteiger partial charge in [0.2, 0.25) is 0 Å². The lowest BCUT2D eigenvalue weighted by atomic mass is 10.4. The maximum Gasteiger partial charge on any atom is 0.153 e. The van der Waals surface area contributed by atoms with Crippen LogP contribution in [0.4, 0.5) is 0 Å². The summed E-state index contributed by atoms with van der Waals surface area (Å²) in [5, 5.41) is 3.11. The van der Waals surface area contributed by atoms with E-state index in [-0.39, 0.29) is 6.04 Å². The Labute approximate surface area is 73.2 Å². The van der Waals surface area contributed by atoms with Gasteiger partial charge in [-0.25, -0.2) is 8.42 Å².